The zero-order valence-corrected chi connectivity index (χ0v) is 13.4. The van der Waals surface area contributed by atoms with Gasteiger partial charge in [-0.1, -0.05) is 11.2 Å². The fraction of sp³-hybridized carbons (Fsp3) is 0.471. The first-order valence-corrected chi connectivity index (χ1v) is 8.23. The van der Waals surface area contributed by atoms with Crippen molar-refractivity contribution in [1.29, 1.82) is 0 Å². The predicted molar refractivity (Wildman–Crippen MR) is 87.0 cm³/mol. The van der Waals surface area contributed by atoms with Crippen LogP contribution >= 0.6 is 0 Å². The molecule has 0 spiro atoms. The van der Waals surface area contributed by atoms with E-state index in [0.717, 1.165) is 30.1 Å². The van der Waals surface area contributed by atoms with Crippen molar-refractivity contribution < 1.29 is 4.52 Å². The monoisotopic (exact) mass is 311 g/mol. The van der Waals surface area contributed by atoms with Gasteiger partial charge in [0.15, 0.2) is 0 Å². The summed E-state index contributed by atoms with van der Waals surface area (Å²) in [4.78, 5) is 11.4. The summed E-state index contributed by atoms with van der Waals surface area (Å²) in [7, 11) is 2.19. The van der Waals surface area contributed by atoms with Crippen LogP contribution in [0.25, 0.3) is 17.2 Å². The standard InChI is InChI=1S/C17H21N5O/c1-21-9-4-5-13(11-21)7-8-16-19-17(20-23-16)14-12-22-10-3-2-6-15(22)18-14/h2-3,6,10,12-13H,4-5,7-9,11H2,1H3/t13-/m0/s1. The van der Waals surface area contributed by atoms with E-state index in [2.05, 4.69) is 27.1 Å². The number of aromatic nitrogens is 4. The molecule has 0 saturated carbocycles. The van der Waals surface area contributed by atoms with Crippen LogP contribution in [0.3, 0.4) is 0 Å². The van der Waals surface area contributed by atoms with Gasteiger partial charge < -0.3 is 13.8 Å². The topological polar surface area (TPSA) is 59.5 Å². The summed E-state index contributed by atoms with van der Waals surface area (Å²) < 4.78 is 7.37. The molecule has 0 bridgehead atoms. The van der Waals surface area contributed by atoms with Gasteiger partial charge in [-0.15, -0.1) is 0 Å². The van der Waals surface area contributed by atoms with Crippen molar-refractivity contribution >= 4 is 5.65 Å². The molecule has 3 aromatic heterocycles. The zero-order chi connectivity index (χ0) is 15.6. The van der Waals surface area contributed by atoms with Gasteiger partial charge in [0.2, 0.25) is 11.7 Å². The Kier molecular flexibility index (Phi) is 3.83. The van der Waals surface area contributed by atoms with E-state index in [0.29, 0.717) is 11.7 Å². The number of hydrogen-bond acceptors (Lipinski definition) is 5. The van der Waals surface area contributed by atoms with E-state index in [1.165, 1.54) is 25.9 Å². The average Bonchev–Trinajstić information content (AvgIpc) is 3.19. The summed E-state index contributed by atoms with van der Waals surface area (Å²) in [6, 6.07) is 5.90. The Balaban J connectivity index is 1.44. The lowest BCUT2D eigenvalue weighted by Gasteiger charge is -2.29. The molecule has 1 fully saturated rings. The van der Waals surface area contributed by atoms with E-state index in [9.17, 15) is 0 Å². The molecular formula is C17H21N5O. The van der Waals surface area contributed by atoms with Gasteiger partial charge in [-0.25, -0.2) is 4.98 Å². The number of nitrogens with zero attached hydrogens (tertiary/aromatic N) is 5. The van der Waals surface area contributed by atoms with Gasteiger partial charge in [-0.3, -0.25) is 0 Å². The molecule has 0 aromatic carbocycles. The number of rotatable bonds is 4. The van der Waals surface area contributed by atoms with Gasteiger partial charge in [0.05, 0.1) is 0 Å². The van der Waals surface area contributed by atoms with Gasteiger partial charge in [-0.05, 0) is 50.9 Å². The molecule has 1 aliphatic rings. The maximum absolute atomic E-state index is 5.41. The summed E-state index contributed by atoms with van der Waals surface area (Å²) in [5, 5.41) is 4.09. The third kappa shape index (κ3) is 3.12. The fourth-order valence-electron chi connectivity index (χ4n) is 3.34. The number of piperidine rings is 1. The number of likely N-dealkylation sites (tertiary alicyclic amines) is 1. The minimum absolute atomic E-state index is 0.574. The van der Waals surface area contributed by atoms with Crippen molar-refractivity contribution in [3.8, 4) is 11.5 Å². The smallest absolute Gasteiger partial charge is 0.227 e. The quantitative estimate of drug-likeness (QED) is 0.741. The molecule has 6 heteroatoms. The van der Waals surface area contributed by atoms with Crippen molar-refractivity contribution in [2.24, 2.45) is 5.92 Å². The molecule has 0 amide bonds. The van der Waals surface area contributed by atoms with Crippen LogP contribution in [0.5, 0.6) is 0 Å². The molecule has 4 rings (SSSR count). The zero-order valence-electron chi connectivity index (χ0n) is 13.4. The Morgan fingerprint density at radius 3 is 3.13 bits per heavy atom. The van der Waals surface area contributed by atoms with Crippen LogP contribution < -0.4 is 0 Å². The van der Waals surface area contributed by atoms with E-state index in [4.69, 9.17) is 4.52 Å². The first-order valence-electron chi connectivity index (χ1n) is 8.23. The molecular weight excluding hydrogens is 290 g/mol. The van der Waals surface area contributed by atoms with E-state index >= 15 is 0 Å². The second-order valence-corrected chi connectivity index (χ2v) is 6.41. The molecule has 4 heterocycles. The third-order valence-electron chi connectivity index (χ3n) is 4.55. The Morgan fingerprint density at radius 1 is 1.30 bits per heavy atom. The van der Waals surface area contributed by atoms with Gasteiger partial charge in [0.25, 0.3) is 0 Å². The molecule has 3 aromatic rings. The Labute approximate surface area is 135 Å². The highest BCUT2D eigenvalue weighted by atomic mass is 16.5. The van der Waals surface area contributed by atoms with Crippen LogP contribution in [-0.2, 0) is 6.42 Å². The molecule has 120 valence electrons. The van der Waals surface area contributed by atoms with Crippen molar-refractivity contribution in [3.63, 3.8) is 0 Å². The average molecular weight is 311 g/mol. The van der Waals surface area contributed by atoms with Crippen LogP contribution in [0.1, 0.15) is 25.2 Å². The number of imidazole rings is 1. The molecule has 23 heavy (non-hydrogen) atoms. The van der Waals surface area contributed by atoms with E-state index in [-0.39, 0.29) is 0 Å². The van der Waals surface area contributed by atoms with E-state index in [1.807, 2.05) is 35.0 Å². The van der Waals surface area contributed by atoms with Crippen molar-refractivity contribution in [1.82, 2.24) is 24.4 Å². The lowest BCUT2D eigenvalue weighted by molar-refractivity contribution is 0.199. The van der Waals surface area contributed by atoms with Gasteiger partial charge >= 0.3 is 0 Å². The normalized spacial score (nSPS) is 19.4. The number of fused-ring (bicyclic) bond motifs is 1. The highest BCUT2D eigenvalue weighted by Gasteiger charge is 2.19. The molecule has 1 atom stereocenters. The van der Waals surface area contributed by atoms with Gasteiger partial charge in [0, 0.05) is 25.4 Å². The maximum atomic E-state index is 5.41. The Bertz CT molecular complexity index is 760. The summed E-state index contributed by atoms with van der Waals surface area (Å²) in [6.45, 7) is 2.39. The summed E-state index contributed by atoms with van der Waals surface area (Å²) in [5.74, 6) is 2.02. The molecule has 0 N–H and O–H groups in total. The van der Waals surface area contributed by atoms with Crippen molar-refractivity contribution in [3.05, 3.63) is 36.5 Å². The minimum Gasteiger partial charge on any atom is -0.339 e. The molecule has 0 aliphatic carbocycles. The second-order valence-electron chi connectivity index (χ2n) is 6.41. The highest BCUT2D eigenvalue weighted by Crippen LogP contribution is 2.21. The first-order chi connectivity index (χ1) is 11.3. The fourth-order valence-corrected chi connectivity index (χ4v) is 3.34. The number of hydrogen-bond donors (Lipinski definition) is 0. The van der Waals surface area contributed by atoms with Crippen LogP contribution in [0, 0.1) is 5.92 Å². The summed E-state index contributed by atoms with van der Waals surface area (Å²) >= 11 is 0. The summed E-state index contributed by atoms with van der Waals surface area (Å²) in [5.41, 5.74) is 1.64. The molecule has 0 radical (unpaired) electrons. The first kappa shape index (κ1) is 14.4. The Morgan fingerprint density at radius 2 is 2.26 bits per heavy atom. The van der Waals surface area contributed by atoms with E-state index < -0.39 is 0 Å². The Hall–Kier alpha value is -2.21. The largest absolute Gasteiger partial charge is 0.339 e. The van der Waals surface area contributed by atoms with Gasteiger partial charge in [0.1, 0.15) is 11.3 Å². The molecule has 1 aliphatic heterocycles. The number of pyridine rings is 1. The lowest BCUT2D eigenvalue weighted by atomic mass is 9.94. The predicted octanol–water partition coefficient (Wildman–Crippen LogP) is 2.66. The van der Waals surface area contributed by atoms with Crippen LogP contribution in [-0.4, -0.2) is 44.6 Å². The molecule has 6 nitrogen and oxygen atoms in total. The van der Waals surface area contributed by atoms with Crippen LogP contribution in [0.15, 0.2) is 35.1 Å². The lowest BCUT2D eigenvalue weighted by Crippen LogP contribution is -2.32. The SMILES string of the molecule is CN1CCC[C@@H](CCc2nc(-c3cn4ccccc4n3)no2)C1. The number of aryl methyl sites for hydroxylation is 1. The second kappa shape index (κ2) is 6.12. The minimum atomic E-state index is 0.574. The van der Waals surface area contributed by atoms with Crippen molar-refractivity contribution in [2.75, 3.05) is 20.1 Å². The van der Waals surface area contributed by atoms with Crippen molar-refractivity contribution in [2.45, 2.75) is 25.7 Å². The summed E-state index contributed by atoms with van der Waals surface area (Å²) in [6.07, 6.45) is 8.44. The maximum Gasteiger partial charge on any atom is 0.227 e. The van der Waals surface area contributed by atoms with E-state index in [1.54, 1.807) is 0 Å². The van der Waals surface area contributed by atoms with Crippen LogP contribution in [0.4, 0.5) is 0 Å². The molecule has 0 unspecified atom stereocenters. The third-order valence-corrected chi connectivity index (χ3v) is 4.55. The van der Waals surface area contributed by atoms with Gasteiger partial charge in [-0.2, -0.15) is 4.98 Å². The molecule has 1 saturated heterocycles. The highest BCUT2D eigenvalue weighted by molar-refractivity contribution is 5.54. The van der Waals surface area contributed by atoms with Crippen LogP contribution in [0.2, 0.25) is 0 Å².